The average molecular weight is 544 g/mol. The first-order valence-electron chi connectivity index (χ1n) is 13.0. The zero-order valence-electron chi connectivity index (χ0n) is 24.9. The van der Waals surface area contributed by atoms with Gasteiger partial charge in [0.25, 0.3) is 17.5 Å². The SMILES string of the molecule is CC1(C)N([O-])C(c2cc(C3=[N+]([O-])C(C)(C)C(C)(C)N3[O-])cc(C3=[N+]([O-])C(C)(C)C(C)(C)N3[O-])c2)=[N+]([O-])C1(C)C. The fourth-order valence-corrected chi connectivity index (χ4v) is 5.05. The van der Waals surface area contributed by atoms with Crippen LogP contribution in [0.3, 0.4) is 0 Å². The van der Waals surface area contributed by atoms with Crippen LogP contribution in [-0.4, -0.2) is 80.1 Å². The zero-order chi connectivity index (χ0) is 30.0. The van der Waals surface area contributed by atoms with Crippen LogP contribution in [0.2, 0.25) is 0 Å². The third kappa shape index (κ3) is 3.25. The minimum absolute atomic E-state index is 0.0831. The van der Waals surface area contributed by atoms with Gasteiger partial charge in [-0.05, 0) is 101 Å². The number of hydroxylamine groups is 9. The molecule has 0 radical (unpaired) electrons. The van der Waals surface area contributed by atoms with Crippen LogP contribution in [0.4, 0.5) is 0 Å². The molecule has 0 bridgehead atoms. The van der Waals surface area contributed by atoms with Gasteiger partial charge in [-0.3, -0.25) is 29.4 Å². The second-order valence-corrected chi connectivity index (χ2v) is 13.9. The molecule has 1 aromatic rings. The first-order valence-corrected chi connectivity index (χ1v) is 13.0. The molecule has 0 aliphatic carbocycles. The van der Waals surface area contributed by atoms with Crippen LogP contribution in [0.15, 0.2) is 18.2 Å². The van der Waals surface area contributed by atoms with E-state index in [1.54, 1.807) is 83.1 Å². The zero-order valence-corrected chi connectivity index (χ0v) is 24.9. The molecule has 0 N–H and O–H groups in total. The summed E-state index contributed by atoms with van der Waals surface area (Å²) < 4.78 is 1.82. The third-order valence-corrected chi connectivity index (χ3v) is 10.4. The van der Waals surface area contributed by atoms with Crippen molar-refractivity contribution in [2.24, 2.45) is 0 Å². The van der Waals surface area contributed by atoms with Crippen LogP contribution in [0.5, 0.6) is 0 Å². The molecule has 3 heterocycles. The molecule has 4 rings (SSSR count). The molecule has 0 saturated carbocycles. The van der Waals surface area contributed by atoms with Gasteiger partial charge in [-0.15, -0.1) is 0 Å². The van der Waals surface area contributed by atoms with E-state index < -0.39 is 33.2 Å². The first-order chi connectivity index (χ1) is 17.4. The maximum atomic E-state index is 13.5. The summed E-state index contributed by atoms with van der Waals surface area (Å²) >= 11 is 0. The molecule has 0 atom stereocenters. The molecule has 216 valence electrons. The second kappa shape index (κ2) is 7.76. The summed E-state index contributed by atoms with van der Waals surface area (Å²) in [4.78, 5) is 0. The van der Waals surface area contributed by atoms with Gasteiger partial charge in [0.05, 0.1) is 16.7 Å². The van der Waals surface area contributed by atoms with Gasteiger partial charge in [0.2, 0.25) is 0 Å². The Labute approximate surface area is 229 Å². The number of nitrogens with zero attached hydrogens (tertiary/aromatic N) is 6. The van der Waals surface area contributed by atoms with Crippen molar-refractivity contribution < 1.29 is 14.2 Å². The average Bonchev–Trinajstić information content (AvgIpc) is 3.08. The minimum atomic E-state index is -1.14. The fourth-order valence-electron chi connectivity index (χ4n) is 5.05. The second-order valence-electron chi connectivity index (χ2n) is 13.9. The standard InChI is InChI=1S/C27H39N6O6/c1-22(2)23(3,4)29(35)19(28(22)34)16-13-17(20-30(36)24(5,6)25(7,8)31(20)37)15-18(14-16)21-32(38)26(9,10)27(11,12)33(21)39/h13-15H,1-12H3/q-3. The van der Waals surface area contributed by atoms with Crippen molar-refractivity contribution in [1.29, 1.82) is 0 Å². The van der Waals surface area contributed by atoms with Gasteiger partial charge in [-0.2, -0.15) is 0 Å². The van der Waals surface area contributed by atoms with Crippen LogP contribution in [0.25, 0.3) is 0 Å². The van der Waals surface area contributed by atoms with Gasteiger partial charge < -0.3 is 31.2 Å². The van der Waals surface area contributed by atoms with Crippen molar-refractivity contribution in [3.05, 3.63) is 66.1 Å². The summed E-state index contributed by atoms with van der Waals surface area (Å²) in [5.74, 6) is -0.730. The van der Waals surface area contributed by atoms with Crippen molar-refractivity contribution in [2.75, 3.05) is 0 Å². The van der Waals surface area contributed by atoms with Gasteiger partial charge in [0, 0.05) is 0 Å². The van der Waals surface area contributed by atoms with E-state index in [9.17, 15) is 31.2 Å². The molecular weight excluding hydrogens is 504 g/mol. The molecule has 0 unspecified atom stereocenters. The predicted octanol–water partition coefficient (Wildman–Crippen LogP) is 3.57. The molecule has 0 spiro atoms. The first kappa shape index (κ1) is 28.9. The number of rotatable bonds is 3. The Balaban J connectivity index is 2.08. The van der Waals surface area contributed by atoms with Gasteiger partial charge in [-0.1, -0.05) is 0 Å². The molecule has 12 nitrogen and oxygen atoms in total. The van der Waals surface area contributed by atoms with Gasteiger partial charge in [0.15, 0.2) is 0 Å². The Morgan fingerprint density at radius 1 is 0.436 bits per heavy atom. The van der Waals surface area contributed by atoms with E-state index in [2.05, 4.69) is 0 Å². The summed E-state index contributed by atoms with van der Waals surface area (Å²) in [6.07, 6.45) is 0. The minimum Gasteiger partial charge on any atom is -0.715 e. The fraction of sp³-hybridized carbons (Fsp3) is 0.667. The van der Waals surface area contributed by atoms with Gasteiger partial charge in [-0.25, -0.2) is 0 Å². The molecule has 0 saturated heterocycles. The molecule has 0 fully saturated rings. The Kier molecular flexibility index (Phi) is 5.75. The highest BCUT2D eigenvalue weighted by Gasteiger charge is 2.58. The van der Waals surface area contributed by atoms with Crippen molar-refractivity contribution in [3.8, 4) is 0 Å². The van der Waals surface area contributed by atoms with E-state index in [0.717, 1.165) is 0 Å². The van der Waals surface area contributed by atoms with E-state index in [0.29, 0.717) is 29.4 Å². The highest BCUT2D eigenvalue weighted by molar-refractivity contribution is 6.07. The van der Waals surface area contributed by atoms with Gasteiger partial charge >= 0.3 is 0 Å². The maximum absolute atomic E-state index is 13.5. The van der Waals surface area contributed by atoms with Crippen molar-refractivity contribution >= 4 is 17.5 Å². The highest BCUT2D eigenvalue weighted by Crippen LogP contribution is 2.42. The summed E-state index contributed by atoms with van der Waals surface area (Å²) in [6, 6.07) is 4.26. The summed E-state index contributed by atoms with van der Waals surface area (Å²) in [6.45, 7) is 19.8. The van der Waals surface area contributed by atoms with E-state index in [1.807, 2.05) is 0 Å². The normalized spacial score (nSPS) is 26.4. The largest absolute Gasteiger partial charge is 0.715 e. The van der Waals surface area contributed by atoms with Crippen LogP contribution in [0.1, 0.15) is 99.8 Å². The molecule has 1 aromatic carbocycles. The van der Waals surface area contributed by atoms with E-state index in [4.69, 9.17) is 0 Å². The smallest absolute Gasteiger partial charge is 0.279 e. The molecule has 39 heavy (non-hydrogen) atoms. The molecule has 0 amide bonds. The topological polar surface area (TPSA) is 157 Å². The van der Waals surface area contributed by atoms with Crippen LogP contribution in [-0.2, 0) is 0 Å². The van der Waals surface area contributed by atoms with Crippen molar-refractivity contribution in [1.82, 2.24) is 15.2 Å². The molecular formula is C27H39N6O6-3. The Bertz CT molecular complexity index is 1180. The van der Waals surface area contributed by atoms with Crippen molar-refractivity contribution in [2.45, 2.75) is 116 Å². The van der Waals surface area contributed by atoms with Crippen LogP contribution in [0, 0.1) is 31.2 Å². The van der Waals surface area contributed by atoms with Crippen molar-refractivity contribution in [3.63, 3.8) is 0 Å². The quantitative estimate of drug-likeness (QED) is 0.410. The lowest BCUT2D eigenvalue weighted by molar-refractivity contribution is -0.539. The number of hydrogen-bond donors (Lipinski definition) is 0. The van der Waals surface area contributed by atoms with Crippen LogP contribution >= 0.6 is 0 Å². The summed E-state index contributed by atoms with van der Waals surface area (Å²) in [7, 11) is 0. The van der Waals surface area contributed by atoms with E-state index >= 15 is 0 Å². The lowest BCUT2D eigenvalue weighted by Crippen LogP contribution is -2.53. The lowest BCUT2D eigenvalue weighted by Gasteiger charge is -2.39. The number of amidine groups is 3. The van der Waals surface area contributed by atoms with Crippen LogP contribution < -0.4 is 0 Å². The van der Waals surface area contributed by atoms with E-state index in [1.165, 1.54) is 18.2 Å². The maximum Gasteiger partial charge on any atom is 0.279 e. The highest BCUT2D eigenvalue weighted by atomic mass is 16.6. The Hall–Kier alpha value is -3.09. The van der Waals surface area contributed by atoms with Gasteiger partial charge in [0.1, 0.15) is 33.2 Å². The molecule has 12 heteroatoms. The Morgan fingerprint density at radius 3 is 0.744 bits per heavy atom. The Morgan fingerprint density at radius 2 is 0.615 bits per heavy atom. The summed E-state index contributed by atoms with van der Waals surface area (Å²) in [5.41, 5.74) is -6.59. The van der Waals surface area contributed by atoms with E-state index in [-0.39, 0.29) is 34.2 Å². The molecule has 3 aliphatic rings. The lowest BCUT2D eigenvalue weighted by atomic mass is 9.84. The molecule has 3 aliphatic heterocycles. The monoisotopic (exact) mass is 543 g/mol. The predicted molar refractivity (Wildman–Crippen MR) is 150 cm³/mol. The number of hydrogen-bond acceptors (Lipinski definition) is 9. The molecule has 0 aromatic heterocycles. The number of benzene rings is 1. The summed E-state index contributed by atoms with van der Waals surface area (Å²) in [5, 5.41) is 83.0. The third-order valence-electron chi connectivity index (χ3n) is 10.4.